The minimum atomic E-state index is -0.840. The molecule has 0 aliphatic carbocycles. The van der Waals surface area contributed by atoms with E-state index in [1.165, 1.54) is 12.1 Å². The molecule has 5 heteroatoms. The molecule has 2 atom stereocenters. The molecule has 19 heavy (non-hydrogen) atoms. The molecule has 1 amide bonds. The van der Waals surface area contributed by atoms with E-state index in [1.807, 2.05) is 0 Å². The molecule has 1 aromatic rings. The Hall–Kier alpha value is -1.62. The van der Waals surface area contributed by atoms with Crippen LogP contribution in [-0.4, -0.2) is 40.7 Å². The topological polar surface area (TPSA) is 49.8 Å². The molecule has 1 saturated heterocycles. The van der Waals surface area contributed by atoms with Crippen LogP contribution in [0.5, 0.6) is 5.75 Å². The number of β-amino-alcohol motifs (C(OH)–C–C–N with tert-alkyl or cyclic N) is 1. The normalized spacial score (nSPS) is 24.3. The van der Waals surface area contributed by atoms with Crippen LogP contribution in [0.2, 0.25) is 0 Å². The van der Waals surface area contributed by atoms with Crippen molar-refractivity contribution >= 4 is 5.91 Å². The first kappa shape index (κ1) is 13.8. The highest BCUT2D eigenvalue weighted by Crippen LogP contribution is 2.22. The van der Waals surface area contributed by atoms with E-state index in [1.54, 1.807) is 30.9 Å². The van der Waals surface area contributed by atoms with Gasteiger partial charge in [-0.25, -0.2) is 4.39 Å². The van der Waals surface area contributed by atoms with E-state index in [9.17, 15) is 14.3 Å². The number of hydrogen-bond donors (Lipinski definition) is 1. The average molecular weight is 267 g/mol. The van der Waals surface area contributed by atoms with Gasteiger partial charge in [-0.3, -0.25) is 4.79 Å². The maximum Gasteiger partial charge on any atom is 0.263 e. The van der Waals surface area contributed by atoms with Crippen molar-refractivity contribution in [1.82, 2.24) is 4.90 Å². The lowest BCUT2D eigenvalue weighted by Gasteiger charge is -2.23. The van der Waals surface area contributed by atoms with Crippen LogP contribution in [0.4, 0.5) is 4.39 Å². The third-order valence-corrected chi connectivity index (χ3v) is 3.25. The zero-order valence-electron chi connectivity index (χ0n) is 11.1. The summed E-state index contributed by atoms with van der Waals surface area (Å²) in [6.45, 7) is 4.07. The number of hydrogen-bond acceptors (Lipinski definition) is 3. The molecule has 1 aliphatic heterocycles. The predicted octanol–water partition coefficient (Wildman–Crippen LogP) is 1.58. The first-order chi connectivity index (χ1) is 8.89. The summed E-state index contributed by atoms with van der Waals surface area (Å²) in [6, 6.07) is 5.98. The van der Waals surface area contributed by atoms with E-state index in [0.29, 0.717) is 13.0 Å². The van der Waals surface area contributed by atoms with Crippen molar-refractivity contribution in [3.8, 4) is 5.75 Å². The lowest BCUT2D eigenvalue weighted by Crippen LogP contribution is -2.41. The zero-order valence-corrected chi connectivity index (χ0v) is 11.1. The van der Waals surface area contributed by atoms with Crippen LogP contribution in [0.1, 0.15) is 20.3 Å². The number of benzene rings is 1. The van der Waals surface area contributed by atoms with E-state index in [2.05, 4.69) is 0 Å². The molecule has 0 spiro atoms. The highest BCUT2D eigenvalue weighted by Gasteiger charge is 2.36. The average Bonchev–Trinajstić information content (AvgIpc) is 2.71. The minimum Gasteiger partial charge on any atom is -0.478 e. The molecule has 0 radical (unpaired) electrons. The molecular weight excluding hydrogens is 249 g/mol. The van der Waals surface area contributed by atoms with E-state index in [0.717, 1.165) is 0 Å². The smallest absolute Gasteiger partial charge is 0.263 e. The fraction of sp³-hybridized carbons (Fsp3) is 0.500. The van der Waals surface area contributed by atoms with Gasteiger partial charge in [-0.05, 0) is 32.4 Å². The van der Waals surface area contributed by atoms with Crippen LogP contribution in [0.25, 0.3) is 0 Å². The lowest BCUT2D eigenvalue weighted by molar-refractivity contribution is -0.137. The maximum atomic E-state index is 13.4. The number of rotatable bonds is 3. The van der Waals surface area contributed by atoms with E-state index in [4.69, 9.17) is 4.74 Å². The zero-order chi connectivity index (χ0) is 14.0. The maximum absolute atomic E-state index is 13.4. The Morgan fingerprint density at radius 3 is 2.79 bits per heavy atom. The van der Waals surface area contributed by atoms with Gasteiger partial charge in [0.15, 0.2) is 17.7 Å². The molecule has 4 nitrogen and oxygen atoms in total. The third-order valence-electron chi connectivity index (χ3n) is 3.25. The first-order valence-corrected chi connectivity index (χ1v) is 6.31. The number of halogens is 1. The molecule has 2 rings (SSSR count). The van der Waals surface area contributed by atoms with Crippen molar-refractivity contribution in [3.63, 3.8) is 0 Å². The second kappa shape index (κ2) is 5.17. The Kier molecular flexibility index (Phi) is 3.75. The van der Waals surface area contributed by atoms with Gasteiger partial charge in [0.1, 0.15) is 0 Å². The SMILES string of the molecule is CC(Oc1ccccc1F)C(=O)N1CCC(C)(O)C1. The third kappa shape index (κ3) is 3.23. The molecule has 0 bridgehead atoms. The number of para-hydroxylation sites is 1. The summed E-state index contributed by atoms with van der Waals surface area (Å²) < 4.78 is 18.8. The Labute approximate surface area is 111 Å². The number of nitrogens with zero attached hydrogens (tertiary/aromatic N) is 1. The molecule has 1 N–H and O–H groups in total. The Bertz CT molecular complexity index is 476. The summed E-state index contributed by atoms with van der Waals surface area (Å²) in [6.07, 6.45) is -0.226. The summed E-state index contributed by atoms with van der Waals surface area (Å²) in [5, 5.41) is 9.83. The van der Waals surface area contributed by atoms with Gasteiger partial charge in [0, 0.05) is 13.1 Å². The van der Waals surface area contributed by atoms with Crippen LogP contribution in [0, 0.1) is 5.82 Å². The van der Waals surface area contributed by atoms with Crippen LogP contribution in [0.15, 0.2) is 24.3 Å². The van der Waals surface area contributed by atoms with Crippen molar-refractivity contribution < 1.29 is 19.0 Å². The van der Waals surface area contributed by atoms with Gasteiger partial charge in [-0.15, -0.1) is 0 Å². The van der Waals surface area contributed by atoms with E-state index >= 15 is 0 Å². The largest absolute Gasteiger partial charge is 0.478 e. The van der Waals surface area contributed by atoms with Gasteiger partial charge in [0.05, 0.1) is 5.60 Å². The molecule has 1 heterocycles. The van der Waals surface area contributed by atoms with Crippen molar-refractivity contribution in [2.75, 3.05) is 13.1 Å². The van der Waals surface area contributed by atoms with Crippen molar-refractivity contribution in [2.24, 2.45) is 0 Å². The molecule has 1 aliphatic rings. The number of aliphatic hydroxyl groups is 1. The molecule has 1 aromatic carbocycles. The van der Waals surface area contributed by atoms with Gasteiger partial charge in [0.25, 0.3) is 5.91 Å². The van der Waals surface area contributed by atoms with Crippen LogP contribution < -0.4 is 4.74 Å². The van der Waals surface area contributed by atoms with Crippen molar-refractivity contribution in [2.45, 2.75) is 32.0 Å². The predicted molar refractivity (Wildman–Crippen MR) is 68.3 cm³/mol. The Balaban J connectivity index is 1.99. The number of likely N-dealkylation sites (tertiary alicyclic amines) is 1. The molecule has 1 fully saturated rings. The van der Waals surface area contributed by atoms with Crippen LogP contribution in [0.3, 0.4) is 0 Å². The summed E-state index contributed by atoms with van der Waals surface area (Å²) in [5.41, 5.74) is -0.840. The summed E-state index contributed by atoms with van der Waals surface area (Å²) in [5.74, 6) is -0.661. The molecule has 2 unspecified atom stereocenters. The van der Waals surface area contributed by atoms with Crippen LogP contribution >= 0.6 is 0 Å². The summed E-state index contributed by atoms with van der Waals surface area (Å²) >= 11 is 0. The van der Waals surface area contributed by atoms with Crippen molar-refractivity contribution in [1.29, 1.82) is 0 Å². The molecule has 104 valence electrons. The minimum absolute atomic E-state index is 0.0642. The highest BCUT2D eigenvalue weighted by molar-refractivity contribution is 5.81. The molecular formula is C14H18FNO3. The Morgan fingerprint density at radius 2 is 2.21 bits per heavy atom. The second-order valence-corrected chi connectivity index (χ2v) is 5.20. The van der Waals surface area contributed by atoms with Gasteiger partial charge < -0.3 is 14.7 Å². The number of amides is 1. The van der Waals surface area contributed by atoms with E-state index < -0.39 is 17.5 Å². The lowest BCUT2D eigenvalue weighted by atomic mass is 10.1. The Morgan fingerprint density at radius 1 is 1.53 bits per heavy atom. The highest BCUT2D eigenvalue weighted by atomic mass is 19.1. The van der Waals surface area contributed by atoms with E-state index in [-0.39, 0.29) is 18.2 Å². The number of carbonyl (C=O) groups excluding carboxylic acids is 1. The first-order valence-electron chi connectivity index (χ1n) is 6.31. The standard InChI is InChI=1S/C14H18FNO3/c1-10(19-12-6-4-3-5-11(12)15)13(17)16-8-7-14(2,18)9-16/h3-6,10,18H,7-9H2,1-2H3. The van der Waals surface area contributed by atoms with Crippen molar-refractivity contribution in [3.05, 3.63) is 30.1 Å². The molecule has 0 aromatic heterocycles. The van der Waals surface area contributed by atoms with Gasteiger partial charge >= 0.3 is 0 Å². The number of ether oxygens (including phenoxy) is 1. The van der Waals surface area contributed by atoms with Crippen LogP contribution in [-0.2, 0) is 4.79 Å². The number of carbonyl (C=O) groups is 1. The second-order valence-electron chi connectivity index (χ2n) is 5.20. The quantitative estimate of drug-likeness (QED) is 0.904. The molecule has 0 saturated carbocycles. The fourth-order valence-electron chi connectivity index (χ4n) is 2.17. The van der Waals surface area contributed by atoms with Gasteiger partial charge in [-0.2, -0.15) is 0 Å². The summed E-state index contributed by atoms with van der Waals surface area (Å²) in [4.78, 5) is 13.7. The monoisotopic (exact) mass is 267 g/mol. The fourth-order valence-corrected chi connectivity index (χ4v) is 2.17. The van der Waals surface area contributed by atoms with Gasteiger partial charge in [-0.1, -0.05) is 12.1 Å². The van der Waals surface area contributed by atoms with Gasteiger partial charge in [0.2, 0.25) is 0 Å². The summed E-state index contributed by atoms with van der Waals surface area (Å²) in [7, 11) is 0.